The van der Waals surface area contributed by atoms with E-state index in [2.05, 4.69) is 10.1 Å². The van der Waals surface area contributed by atoms with E-state index in [1.54, 1.807) is 35.7 Å². The highest BCUT2D eigenvalue weighted by atomic mass is 35.5. The summed E-state index contributed by atoms with van der Waals surface area (Å²) in [7, 11) is 1.79. The molecule has 0 amide bonds. The molecule has 6 rings (SSSR count). The molecule has 0 radical (unpaired) electrons. The molecule has 1 aliphatic rings. The summed E-state index contributed by atoms with van der Waals surface area (Å²) < 4.78 is 53.8. The molecular formula is C36H38ClF3N4O4. The number of fused-ring (bicyclic) bond motifs is 2. The quantitative estimate of drug-likeness (QED) is 0.0980. The maximum atomic E-state index is 13.8. The molecule has 0 aliphatic carbocycles. The second-order valence-corrected chi connectivity index (χ2v) is 12.6. The third kappa shape index (κ3) is 6.63. The number of carbonyl (C=O) groups excluding carboxylic acids is 1. The number of H-pyrrole nitrogens is 1. The van der Waals surface area contributed by atoms with Gasteiger partial charge in [0.05, 0.1) is 48.6 Å². The Labute approximate surface area is 281 Å². The van der Waals surface area contributed by atoms with Crippen LogP contribution in [0.4, 0.5) is 13.2 Å². The summed E-state index contributed by atoms with van der Waals surface area (Å²) >= 11 is 6.91. The van der Waals surface area contributed by atoms with Crippen LogP contribution in [0.2, 0.25) is 5.02 Å². The van der Waals surface area contributed by atoms with Gasteiger partial charge in [0.2, 0.25) is 0 Å². The number of esters is 1. The Morgan fingerprint density at radius 3 is 2.62 bits per heavy atom. The average Bonchev–Trinajstić information content (AvgIpc) is 3.57. The lowest BCUT2D eigenvalue weighted by atomic mass is 9.95. The molecule has 254 valence electrons. The minimum Gasteiger partial charge on any atom is -0.493 e. The molecule has 48 heavy (non-hydrogen) atoms. The molecular weight excluding hydrogens is 645 g/mol. The van der Waals surface area contributed by atoms with Crippen molar-refractivity contribution in [2.24, 2.45) is 7.05 Å². The van der Waals surface area contributed by atoms with Gasteiger partial charge in [-0.05, 0) is 73.9 Å². The Morgan fingerprint density at radius 2 is 1.90 bits per heavy atom. The standard InChI is InChI=1S/C36H38ClF3N4O4/c1-4-27-31(34(42-43(27)3)28(45)15-16-44-19-36(39,40)20-44)30-26(37)14-13-25-24(33(41-32(25)30)35(46)47-5-2)9-7-17-48-29-10-6-8-21-18-22(38)11-12-23(21)29/h6,8,10-14,18,28,41,45H,4-5,7,9,15-17,19-20H2,1-3H3. The molecule has 1 atom stereocenters. The zero-order chi connectivity index (χ0) is 34.2. The number of nitrogens with one attached hydrogen (secondary N) is 1. The predicted octanol–water partition coefficient (Wildman–Crippen LogP) is 7.64. The summed E-state index contributed by atoms with van der Waals surface area (Å²) in [5.41, 5.74) is 4.12. The molecule has 0 spiro atoms. The lowest BCUT2D eigenvalue weighted by molar-refractivity contribution is -0.132. The number of hydrogen-bond acceptors (Lipinski definition) is 6. The number of aromatic nitrogens is 3. The number of alkyl halides is 2. The number of hydrogen-bond donors (Lipinski definition) is 2. The molecule has 3 heterocycles. The van der Waals surface area contributed by atoms with Gasteiger partial charge in [0.1, 0.15) is 17.3 Å². The van der Waals surface area contributed by atoms with E-state index in [-0.39, 0.29) is 31.9 Å². The first-order chi connectivity index (χ1) is 23.0. The van der Waals surface area contributed by atoms with Crippen LogP contribution in [0.25, 0.3) is 32.8 Å². The number of carbonyl (C=O) groups is 1. The number of rotatable bonds is 13. The van der Waals surface area contributed by atoms with Crippen LogP contribution in [-0.4, -0.2) is 69.5 Å². The van der Waals surface area contributed by atoms with Gasteiger partial charge in [0, 0.05) is 41.2 Å². The van der Waals surface area contributed by atoms with Crippen LogP contribution in [0.3, 0.4) is 0 Å². The first kappa shape index (κ1) is 33.8. The second kappa shape index (κ2) is 13.8. The second-order valence-electron chi connectivity index (χ2n) is 12.2. The van der Waals surface area contributed by atoms with E-state index >= 15 is 0 Å². The van der Waals surface area contributed by atoms with Gasteiger partial charge >= 0.3 is 5.97 Å². The van der Waals surface area contributed by atoms with Crippen molar-refractivity contribution < 1.29 is 32.5 Å². The van der Waals surface area contributed by atoms with Crippen LogP contribution in [-0.2, 0) is 24.6 Å². The number of likely N-dealkylation sites (tertiary alicyclic amines) is 1. The van der Waals surface area contributed by atoms with E-state index in [4.69, 9.17) is 21.1 Å². The minimum absolute atomic E-state index is 0.188. The lowest BCUT2D eigenvalue weighted by Gasteiger charge is -2.38. The number of ether oxygens (including phenoxy) is 2. The van der Waals surface area contributed by atoms with Crippen LogP contribution in [0.1, 0.15) is 60.2 Å². The Kier molecular flexibility index (Phi) is 9.74. The van der Waals surface area contributed by atoms with E-state index in [0.29, 0.717) is 71.2 Å². The number of aryl methyl sites for hydroxylation is 2. The molecule has 1 unspecified atom stereocenters. The van der Waals surface area contributed by atoms with Gasteiger partial charge < -0.3 is 19.6 Å². The fraction of sp³-hybridized carbons (Fsp3) is 0.389. The van der Waals surface area contributed by atoms with Gasteiger partial charge in [-0.3, -0.25) is 9.58 Å². The largest absolute Gasteiger partial charge is 0.493 e. The number of aromatic amines is 1. The van der Waals surface area contributed by atoms with Crippen LogP contribution in [0.5, 0.6) is 5.75 Å². The molecule has 12 heteroatoms. The number of nitrogens with zero attached hydrogens (tertiary/aromatic N) is 3. The van der Waals surface area contributed by atoms with Gasteiger partial charge in [-0.2, -0.15) is 5.10 Å². The van der Waals surface area contributed by atoms with Crippen molar-refractivity contribution in [3.63, 3.8) is 0 Å². The van der Waals surface area contributed by atoms with Crippen molar-refractivity contribution in [2.45, 2.75) is 51.6 Å². The Hall–Kier alpha value is -4.06. The van der Waals surface area contributed by atoms with Crippen LogP contribution in [0, 0.1) is 5.82 Å². The molecule has 5 aromatic rings. The van der Waals surface area contributed by atoms with E-state index in [1.165, 1.54) is 12.1 Å². The molecule has 3 aromatic carbocycles. The Morgan fingerprint density at radius 1 is 1.12 bits per heavy atom. The monoisotopic (exact) mass is 682 g/mol. The number of halogens is 4. The Balaban J connectivity index is 1.33. The highest BCUT2D eigenvalue weighted by Gasteiger charge is 2.43. The first-order valence-corrected chi connectivity index (χ1v) is 16.5. The van der Waals surface area contributed by atoms with Gasteiger partial charge in [0.25, 0.3) is 5.92 Å². The number of benzene rings is 3. The van der Waals surface area contributed by atoms with Crippen LogP contribution in [0.15, 0.2) is 48.5 Å². The van der Waals surface area contributed by atoms with E-state index < -0.39 is 18.0 Å². The van der Waals surface area contributed by atoms with Crippen molar-refractivity contribution in [1.82, 2.24) is 19.7 Å². The fourth-order valence-corrected chi connectivity index (χ4v) is 6.91. The number of aliphatic hydroxyl groups is 1. The third-order valence-electron chi connectivity index (χ3n) is 8.86. The summed E-state index contributed by atoms with van der Waals surface area (Å²) in [4.78, 5) is 18.2. The maximum absolute atomic E-state index is 13.8. The van der Waals surface area contributed by atoms with Crippen molar-refractivity contribution in [3.8, 4) is 16.9 Å². The van der Waals surface area contributed by atoms with Gasteiger partial charge in [0.15, 0.2) is 0 Å². The highest BCUT2D eigenvalue weighted by Crippen LogP contribution is 2.43. The van der Waals surface area contributed by atoms with Gasteiger partial charge in [-0.15, -0.1) is 0 Å². The van der Waals surface area contributed by atoms with Gasteiger partial charge in [-0.1, -0.05) is 36.7 Å². The van der Waals surface area contributed by atoms with Crippen molar-refractivity contribution in [1.29, 1.82) is 0 Å². The van der Waals surface area contributed by atoms with Gasteiger partial charge in [-0.25, -0.2) is 18.0 Å². The van der Waals surface area contributed by atoms with Crippen LogP contribution >= 0.6 is 11.6 Å². The Bertz CT molecular complexity index is 1970. The summed E-state index contributed by atoms with van der Waals surface area (Å²) in [6.45, 7) is 3.89. The maximum Gasteiger partial charge on any atom is 0.355 e. The lowest BCUT2D eigenvalue weighted by Crippen LogP contribution is -2.56. The summed E-state index contributed by atoms with van der Waals surface area (Å²) in [5, 5.41) is 18.7. The summed E-state index contributed by atoms with van der Waals surface area (Å²) in [6, 6.07) is 13.7. The third-order valence-corrected chi connectivity index (χ3v) is 9.18. The fourth-order valence-electron chi connectivity index (χ4n) is 6.66. The molecule has 1 fully saturated rings. The highest BCUT2D eigenvalue weighted by molar-refractivity contribution is 6.35. The zero-order valence-electron chi connectivity index (χ0n) is 27.1. The van der Waals surface area contributed by atoms with Crippen LogP contribution < -0.4 is 4.74 Å². The predicted molar refractivity (Wildman–Crippen MR) is 180 cm³/mol. The normalized spacial score (nSPS) is 15.2. The average molecular weight is 683 g/mol. The molecule has 0 bridgehead atoms. The van der Waals surface area contributed by atoms with Crippen molar-refractivity contribution in [3.05, 3.63) is 82.0 Å². The molecule has 1 aliphatic heterocycles. The molecule has 0 saturated carbocycles. The molecule has 2 N–H and O–H groups in total. The van der Waals surface area contributed by atoms with Crippen molar-refractivity contribution in [2.75, 3.05) is 32.8 Å². The minimum atomic E-state index is -2.69. The zero-order valence-corrected chi connectivity index (χ0v) is 27.8. The summed E-state index contributed by atoms with van der Waals surface area (Å²) in [6.07, 6.45) is 0.785. The molecule has 8 nitrogen and oxygen atoms in total. The van der Waals surface area contributed by atoms with E-state index in [9.17, 15) is 23.1 Å². The first-order valence-electron chi connectivity index (χ1n) is 16.2. The van der Waals surface area contributed by atoms with Crippen molar-refractivity contribution >= 4 is 39.2 Å². The van der Waals surface area contributed by atoms with E-state index in [0.717, 1.165) is 27.4 Å². The topological polar surface area (TPSA) is 92.6 Å². The van der Waals surface area contributed by atoms with E-state index in [1.807, 2.05) is 31.2 Å². The molecule has 2 aromatic heterocycles. The molecule has 1 saturated heterocycles. The SMILES string of the molecule is CCOC(=O)c1[nH]c2c(-c3c(C(O)CCN4CC(F)(F)C4)nn(C)c3CC)c(Cl)ccc2c1CCCOc1cccc2cc(F)ccc12. The number of aliphatic hydroxyl groups excluding tert-OH is 1. The smallest absolute Gasteiger partial charge is 0.355 e. The summed E-state index contributed by atoms with van der Waals surface area (Å²) in [5.74, 6) is -2.87.